The average Bonchev–Trinajstić information content (AvgIpc) is 2.79. The largest absolute Gasteiger partial charge is 0.435 e. The molecule has 23 heavy (non-hydrogen) atoms. The minimum absolute atomic E-state index is 0. The van der Waals surface area contributed by atoms with Gasteiger partial charge in [-0.15, -0.1) is 12.4 Å². The molecular weight excluding hydrogens is 326 g/mol. The summed E-state index contributed by atoms with van der Waals surface area (Å²) in [4.78, 5) is 14.3. The minimum atomic E-state index is -2.88. The van der Waals surface area contributed by atoms with E-state index in [2.05, 4.69) is 10.1 Å². The predicted octanol–water partition coefficient (Wildman–Crippen LogP) is 2.61. The van der Waals surface area contributed by atoms with Crippen molar-refractivity contribution in [3.8, 4) is 5.75 Å². The van der Waals surface area contributed by atoms with Crippen molar-refractivity contribution in [1.82, 2.24) is 10.2 Å². The molecule has 7 heteroatoms. The van der Waals surface area contributed by atoms with Crippen LogP contribution in [0, 0.1) is 0 Å². The van der Waals surface area contributed by atoms with Crippen LogP contribution in [-0.2, 0) is 11.2 Å². The van der Waals surface area contributed by atoms with E-state index >= 15 is 0 Å². The number of likely N-dealkylation sites (tertiary alicyclic amines) is 1. The molecule has 0 saturated carbocycles. The van der Waals surface area contributed by atoms with E-state index in [9.17, 15) is 13.6 Å². The zero-order valence-corrected chi connectivity index (χ0v) is 13.5. The fraction of sp³-hybridized carbons (Fsp3) is 0.562. The number of nitrogens with zero attached hydrogens (tertiary/aromatic N) is 1. The van der Waals surface area contributed by atoms with E-state index in [1.165, 1.54) is 12.5 Å². The van der Waals surface area contributed by atoms with Gasteiger partial charge in [0, 0.05) is 30.7 Å². The predicted molar refractivity (Wildman–Crippen MR) is 85.2 cm³/mol. The van der Waals surface area contributed by atoms with Crippen LogP contribution in [0.1, 0.15) is 24.8 Å². The molecule has 0 aromatic heterocycles. The van der Waals surface area contributed by atoms with Gasteiger partial charge in [0.2, 0.25) is 5.91 Å². The molecule has 1 amide bonds. The number of carbonyl (C=O) groups excluding carboxylic acids is 1. The number of benzene rings is 1. The Morgan fingerprint density at radius 3 is 2.78 bits per heavy atom. The maximum atomic E-state index is 12.5. The third kappa shape index (κ3) is 4.54. The van der Waals surface area contributed by atoms with Crippen molar-refractivity contribution in [2.24, 2.45) is 0 Å². The van der Waals surface area contributed by atoms with Gasteiger partial charge in [-0.25, -0.2) is 0 Å². The van der Waals surface area contributed by atoms with Crippen molar-refractivity contribution in [1.29, 1.82) is 0 Å². The molecule has 2 unspecified atom stereocenters. The number of rotatable bonds is 4. The van der Waals surface area contributed by atoms with Crippen LogP contribution in [0.3, 0.4) is 0 Å². The molecule has 0 aliphatic carbocycles. The van der Waals surface area contributed by atoms with Crippen molar-refractivity contribution in [3.05, 3.63) is 29.8 Å². The minimum Gasteiger partial charge on any atom is -0.435 e. The number of ether oxygens (including phenoxy) is 1. The van der Waals surface area contributed by atoms with E-state index in [1.54, 1.807) is 18.2 Å². The second kappa shape index (κ2) is 7.93. The first kappa shape index (κ1) is 17.9. The molecule has 1 aromatic carbocycles. The molecule has 0 spiro atoms. The quantitative estimate of drug-likeness (QED) is 0.911. The number of hydrogen-bond acceptors (Lipinski definition) is 3. The van der Waals surface area contributed by atoms with E-state index in [1.807, 2.05) is 4.90 Å². The first-order valence-corrected chi connectivity index (χ1v) is 7.68. The van der Waals surface area contributed by atoms with Crippen LogP contribution in [0.2, 0.25) is 0 Å². The molecule has 4 nitrogen and oxygen atoms in total. The highest BCUT2D eigenvalue weighted by atomic mass is 35.5. The summed E-state index contributed by atoms with van der Waals surface area (Å²) < 4.78 is 29.3. The molecule has 2 saturated heterocycles. The molecule has 2 atom stereocenters. The lowest BCUT2D eigenvalue weighted by atomic mass is 10.1. The maximum Gasteiger partial charge on any atom is 0.387 e. The lowest BCUT2D eigenvalue weighted by molar-refractivity contribution is -0.130. The highest BCUT2D eigenvalue weighted by Gasteiger charge is 2.31. The Morgan fingerprint density at radius 2 is 2.00 bits per heavy atom. The molecule has 128 valence electrons. The molecule has 2 aliphatic heterocycles. The first-order chi connectivity index (χ1) is 10.6. The van der Waals surface area contributed by atoms with Gasteiger partial charge >= 0.3 is 6.61 Å². The number of nitrogens with one attached hydrogen (secondary N) is 1. The Hall–Kier alpha value is -1.40. The fourth-order valence-corrected chi connectivity index (χ4v) is 3.31. The van der Waals surface area contributed by atoms with Gasteiger partial charge in [-0.2, -0.15) is 8.78 Å². The number of carbonyl (C=O) groups is 1. The maximum absolute atomic E-state index is 12.5. The summed E-state index contributed by atoms with van der Waals surface area (Å²) in [5, 5.41) is 3.52. The number of amides is 1. The van der Waals surface area contributed by atoms with Crippen LogP contribution in [0.5, 0.6) is 5.75 Å². The van der Waals surface area contributed by atoms with Gasteiger partial charge in [0.15, 0.2) is 0 Å². The van der Waals surface area contributed by atoms with Crippen molar-refractivity contribution in [2.45, 2.75) is 44.4 Å². The molecule has 2 fully saturated rings. The molecule has 1 N–H and O–H groups in total. The van der Waals surface area contributed by atoms with Gasteiger partial charge in [-0.3, -0.25) is 4.79 Å². The normalized spacial score (nSPS) is 23.3. The number of alkyl halides is 2. The van der Waals surface area contributed by atoms with Crippen LogP contribution in [0.25, 0.3) is 0 Å². The van der Waals surface area contributed by atoms with E-state index in [0.717, 1.165) is 19.4 Å². The van der Waals surface area contributed by atoms with E-state index in [4.69, 9.17) is 0 Å². The summed E-state index contributed by atoms with van der Waals surface area (Å²) in [6.07, 6.45) is 3.33. The number of fused-ring (bicyclic) bond motifs is 2. The smallest absolute Gasteiger partial charge is 0.387 e. The Bertz CT molecular complexity index is 545. The zero-order chi connectivity index (χ0) is 15.5. The summed E-state index contributed by atoms with van der Waals surface area (Å²) in [7, 11) is 0. The van der Waals surface area contributed by atoms with Gasteiger partial charge in [0.05, 0.1) is 6.42 Å². The van der Waals surface area contributed by atoms with Crippen LogP contribution < -0.4 is 10.1 Å². The highest BCUT2D eigenvalue weighted by molar-refractivity contribution is 5.85. The van der Waals surface area contributed by atoms with E-state index in [0.29, 0.717) is 24.2 Å². The van der Waals surface area contributed by atoms with Crippen LogP contribution >= 0.6 is 12.4 Å². The van der Waals surface area contributed by atoms with E-state index < -0.39 is 6.61 Å². The van der Waals surface area contributed by atoms with Crippen molar-refractivity contribution in [3.63, 3.8) is 0 Å². The molecular formula is C16H21ClF2N2O2. The SMILES string of the molecule is Cl.O=C(Cc1ccccc1OC(F)F)N1CCC2CCC(C1)N2. The third-order valence-corrected chi connectivity index (χ3v) is 4.41. The van der Waals surface area contributed by atoms with Crippen molar-refractivity contribution in [2.75, 3.05) is 13.1 Å². The van der Waals surface area contributed by atoms with Crippen molar-refractivity contribution >= 4 is 18.3 Å². The second-order valence-corrected chi connectivity index (χ2v) is 5.93. The van der Waals surface area contributed by atoms with Crippen molar-refractivity contribution < 1.29 is 18.3 Å². The summed E-state index contributed by atoms with van der Waals surface area (Å²) in [5.41, 5.74) is 0.509. The van der Waals surface area contributed by atoms with E-state index in [-0.39, 0.29) is 30.5 Å². The molecule has 0 radical (unpaired) electrons. The second-order valence-electron chi connectivity index (χ2n) is 5.93. The van der Waals surface area contributed by atoms with Gasteiger partial charge < -0.3 is 15.0 Å². The Labute approximate surface area is 140 Å². The molecule has 2 bridgehead atoms. The van der Waals surface area contributed by atoms with Crippen LogP contribution in [-0.4, -0.2) is 42.6 Å². The number of halogens is 3. The fourth-order valence-electron chi connectivity index (χ4n) is 3.31. The monoisotopic (exact) mass is 346 g/mol. The molecule has 2 aliphatic rings. The van der Waals surface area contributed by atoms with Crippen LogP contribution in [0.15, 0.2) is 24.3 Å². The summed E-state index contributed by atoms with van der Waals surface area (Å²) in [6, 6.07) is 7.37. The zero-order valence-electron chi connectivity index (χ0n) is 12.7. The standard InChI is InChI=1S/C16H20F2N2O2.ClH/c17-16(18)22-14-4-2-1-3-11(14)9-15(21)20-8-7-12-5-6-13(10-20)19-12;/h1-4,12-13,16,19H,5-10H2;1H. The average molecular weight is 347 g/mol. The first-order valence-electron chi connectivity index (χ1n) is 7.68. The summed E-state index contributed by atoms with van der Waals surface area (Å²) in [6.45, 7) is -1.45. The van der Waals surface area contributed by atoms with Gasteiger partial charge in [0.1, 0.15) is 5.75 Å². The Morgan fingerprint density at radius 1 is 1.26 bits per heavy atom. The topological polar surface area (TPSA) is 41.6 Å². The third-order valence-electron chi connectivity index (χ3n) is 4.41. The Balaban J connectivity index is 0.00000192. The molecule has 1 aromatic rings. The number of para-hydroxylation sites is 1. The lowest BCUT2D eigenvalue weighted by Crippen LogP contribution is -2.39. The molecule has 3 rings (SSSR count). The lowest BCUT2D eigenvalue weighted by Gasteiger charge is -2.24. The van der Waals surface area contributed by atoms with Gasteiger partial charge in [-0.05, 0) is 25.3 Å². The highest BCUT2D eigenvalue weighted by Crippen LogP contribution is 2.24. The van der Waals surface area contributed by atoms with Gasteiger partial charge in [-0.1, -0.05) is 18.2 Å². The summed E-state index contributed by atoms with van der Waals surface area (Å²) in [5.74, 6) is 0.0555. The van der Waals surface area contributed by atoms with Crippen LogP contribution in [0.4, 0.5) is 8.78 Å². The Kier molecular flexibility index (Phi) is 6.18. The van der Waals surface area contributed by atoms with Gasteiger partial charge in [0.25, 0.3) is 0 Å². The number of hydrogen-bond donors (Lipinski definition) is 1. The molecule has 2 heterocycles. The summed E-state index contributed by atoms with van der Waals surface area (Å²) >= 11 is 0.